The van der Waals surface area contributed by atoms with E-state index in [0.29, 0.717) is 18.9 Å². The number of benzene rings is 1. The van der Waals surface area contributed by atoms with Gasteiger partial charge >= 0.3 is 0 Å². The molecule has 0 N–H and O–H groups in total. The van der Waals surface area contributed by atoms with Gasteiger partial charge < -0.3 is 9.64 Å². The molecule has 1 unspecified atom stereocenters. The molecule has 1 atom stereocenters. The molecule has 0 spiro atoms. The Morgan fingerprint density at radius 2 is 2.09 bits per heavy atom. The van der Waals surface area contributed by atoms with E-state index in [-0.39, 0.29) is 11.3 Å². The number of hydrogen-bond donors (Lipinski definition) is 0. The van der Waals surface area contributed by atoms with Gasteiger partial charge in [-0.05, 0) is 25.1 Å². The highest BCUT2D eigenvalue weighted by Gasteiger charge is 2.34. The summed E-state index contributed by atoms with van der Waals surface area (Å²) in [6, 6.07) is 13.9. The molecule has 0 saturated carbocycles. The number of carbonyl (C=O) groups excluding carboxylic acids is 1. The summed E-state index contributed by atoms with van der Waals surface area (Å²) in [5.74, 6) is 1.57. The van der Waals surface area contributed by atoms with Crippen molar-refractivity contribution < 1.29 is 9.53 Å². The Morgan fingerprint density at radius 1 is 1.26 bits per heavy atom. The van der Waals surface area contributed by atoms with E-state index < -0.39 is 0 Å². The Morgan fingerprint density at radius 3 is 2.87 bits per heavy atom. The molecule has 2 aromatic rings. The molecule has 1 fully saturated rings. The van der Waals surface area contributed by atoms with Gasteiger partial charge in [0, 0.05) is 30.4 Å². The van der Waals surface area contributed by atoms with E-state index in [2.05, 4.69) is 11.1 Å². The van der Waals surface area contributed by atoms with E-state index >= 15 is 0 Å². The molecule has 0 radical (unpaired) electrons. The average Bonchev–Trinajstić information content (AvgIpc) is 2.95. The lowest BCUT2D eigenvalue weighted by Gasteiger charge is -2.25. The van der Waals surface area contributed by atoms with Crippen molar-refractivity contribution in [1.82, 2.24) is 9.88 Å². The molecule has 5 heteroatoms. The smallest absolute Gasteiger partial charge is 0.233 e. The highest BCUT2D eigenvalue weighted by atomic mass is 32.2. The Hall–Kier alpha value is -2.01. The SMILES string of the molecule is CCOc1ccccc1C1SCC(=O)N1CCc1ccccn1. The molecule has 0 bridgehead atoms. The van der Waals surface area contributed by atoms with Gasteiger partial charge in [0.1, 0.15) is 11.1 Å². The van der Waals surface area contributed by atoms with Crippen molar-refractivity contribution in [3.05, 3.63) is 59.9 Å². The number of pyridine rings is 1. The van der Waals surface area contributed by atoms with Gasteiger partial charge in [0.2, 0.25) is 5.91 Å². The van der Waals surface area contributed by atoms with E-state index in [1.54, 1.807) is 18.0 Å². The van der Waals surface area contributed by atoms with Crippen molar-refractivity contribution in [3.8, 4) is 5.75 Å². The van der Waals surface area contributed by atoms with Crippen molar-refractivity contribution in [2.24, 2.45) is 0 Å². The molecule has 0 aliphatic carbocycles. The average molecular weight is 328 g/mol. The van der Waals surface area contributed by atoms with Gasteiger partial charge in [-0.15, -0.1) is 11.8 Å². The van der Waals surface area contributed by atoms with Gasteiger partial charge in [0.25, 0.3) is 0 Å². The van der Waals surface area contributed by atoms with Gasteiger partial charge in [-0.2, -0.15) is 0 Å². The molecule has 1 aliphatic heterocycles. The van der Waals surface area contributed by atoms with Crippen LogP contribution in [0.5, 0.6) is 5.75 Å². The third kappa shape index (κ3) is 3.67. The van der Waals surface area contributed by atoms with Crippen LogP contribution < -0.4 is 4.74 Å². The summed E-state index contributed by atoms with van der Waals surface area (Å²) in [5, 5.41) is 0.0222. The lowest BCUT2D eigenvalue weighted by Crippen LogP contribution is -2.30. The summed E-state index contributed by atoms with van der Waals surface area (Å²) in [4.78, 5) is 18.6. The first-order chi connectivity index (χ1) is 11.3. The summed E-state index contributed by atoms with van der Waals surface area (Å²) in [5.41, 5.74) is 2.08. The van der Waals surface area contributed by atoms with Crippen LogP contribution in [0.4, 0.5) is 0 Å². The first-order valence-electron chi connectivity index (χ1n) is 7.82. The number of thioether (sulfide) groups is 1. The van der Waals surface area contributed by atoms with Crippen molar-refractivity contribution >= 4 is 17.7 Å². The van der Waals surface area contributed by atoms with Crippen LogP contribution in [0, 0.1) is 0 Å². The largest absolute Gasteiger partial charge is 0.493 e. The minimum atomic E-state index is 0.0222. The maximum atomic E-state index is 12.3. The number of nitrogens with zero attached hydrogens (tertiary/aromatic N) is 2. The molecule has 120 valence electrons. The zero-order valence-corrected chi connectivity index (χ0v) is 14.0. The van der Waals surface area contributed by atoms with Crippen LogP contribution in [0.2, 0.25) is 0 Å². The lowest BCUT2D eigenvalue weighted by atomic mass is 10.1. The monoisotopic (exact) mass is 328 g/mol. The van der Waals surface area contributed by atoms with Gasteiger partial charge in [-0.1, -0.05) is 24.3 Å². The fourth-order valence-corrected chi connectivity index (χ4v) is 3.95. The van der Waals surface area contributed by atoms with Crippen LogP contribution in [-0.2, 0) is 11.2 Å². The summed E-state index contributed by atoms with van der Waals surface area (Å²) in [6.07, 6.45) is 2.55. The van der Waals surface area contributed by atoms with Crippen LogP contribution in [0.1, 0.15) is 23.6 Å². The second-order valence-corrected chi connectivity index (χ2v) is 6.36. The molecule has 1 aromatic carbocycles. The van der Waals surface area contributed by atoms with Crippen molar-refractivity contribution in [2.75, 3.05) is 18.9 Å². The van der Waals surface area contributed by atoms with Crippen LogP contribution in [0.15, 0.2) is 48.7 Å². The zero-order chi connectivity index (χ0) is 16.1. The van der Waals surface area contributed by atoms with Crippen LogP contribution in [0.3, 0.4) is 0 Å². The number of hydrogen-bond acceptors (Lipinski definition) is 4. The zero-order valence-electron chi connectivity index (χ0n) is 13.1. The van der Waals surface area contributed by atoms with E-state index in [1.807, 2.05) is 48.2 Å². The molecule has 1 amide bonds. The summed E-state index contributed by atoms with van der Waals surface area (Å²) in [7, 11) is 0. The maximum Gasteiger partial charge on any atom is 0.233 e. The number of ether oxygens (including phenoxy) is 1. The van der Waals surface area contributed by atoms with Gasteiger partial charge in [0.15, 0.2) is 0 Å². The Balaban J connectivity index is 1.77. The predicted molar refractivity (Wildman–Crippen MR) is 92.5 cm³/mol. The number of para-hydroxylation sites is 1. The summed E-state index contributed by atoms with van der Waals surface area (Å²) in [6.45, 7) is 3.27. The van der Waals surface area contributed by atoms with Gasteiger partial charge in [0.05, 0.1) is 12.4 Å². The molecule has 1 aromatic heterocycles. The number of rotatable bonds is 6. The molecule has 2 heterocycles. The second kappa shape index (κ2) is 7.51. The maximum absolute atomic E-state index is 12.3. The molecule has 23 heavy (non-hydrogen) atoms. The molecule has 3 rings (SSSR count). The Bertz CT molecular complexity index is 663. The number of carbonyl (C=O) groups is 1. The van der Waals surface area contributed by atoms with Crippen LogP contribution in [0.25, 0.3) is 0 Å². The quantitative estimate of drug-likeness (QED) is 0.816. The molecular formula is C18H20N2O2S. The van der Waals surface area contributed by atoms with Gasteiger partial charge in [-0.3, -0.25) is 9.78 Å². The molecule has 4 nitrogen and oxygen atoms in total. The standard InChI is InChI=1S/C18H20N2O2S/c1-2-22-16-9-4-3-8-15(16)18-20(17(21)13-23-18)12-10-14-7-5-6-11-19-14/h3-9,11,18H,2,10,12-13H2,1H3. The predicted octanol–water partition coefficient (Wildman–Crippen LogP) is 3.30. The fraction of sp³-hybridized carbons (Fsp3) is 0.333. The van der Waals surface area contributed by atoms with Crippen molar-refractivity contribution in [1.29, 1.82) is 0 Å². The normalized spacial score (nSPS) is 17.5. The molecule has 1 saturated heterocycles. The van der Waals surface area contributed by atoms with Gasteiger partial charge in [-0.25, -0.2) is 0 Å². The molecular weight excluding hydrogens is 308 g/mol. The summed E-state index contributed by atoms with van der Waals surface area (Å²) < 4.78 is 5.73. The highest BCUT2D eigenvalue weighted by Crippen LogP contribution is 2.42. The van der Waals surface area contributed by atoms with E-state index in [4.69, 9.17) is 4.74 Å². The van der Waals surface area contributed by atoms with Crippen LogP contribution in [-0.4, -0.2) is 34.7 Å². The third-order valence-corrected chi connectivity index (χ3v) is 5.03. The third-order valence-electron chi connectivity index (χ3n) is 3.79. The molecule has 1 aliphatic rings. The number of aromatic nitrogens is 1. The summed E-state index contributed by atoms with van der Waals surface area (Å²) >= 11 is 1.66. The van der Waals surface area contributed by atoms with Crippen molar-refractivity contribution in [3.63, 3.8) is 0 Å². The fourth-order valence-electron chi connectivity index (χ4n) is 2.71. The van der Waals surface area contributed by atoms with Crippen molar-refractivity contribution in [2.45, 2.75) is 18.7 Å². The second-order valence-electron chi connectivity index (χ2n) is 5.29. The number of amides is 1. The topological polar surface area (TPSA) is 42.4 Å². The first-order valence-corrected chi connectivity index (χ1v) is 8.87. The Labute approximate surface area is 140 Å². The van der Waals surface area contributed by atoms with Crippen LogP contribution >= 0.6 is 11.8 Å². The minimum Gasteiger partial charge on any atom is -0.493 e. The van der Waals surface area contributed by atoms with E-state index in [0.717, 1.165) is 23.4 Å². The highest BCUT2D eigenvalue weighted by molar-refractivity contribution is 8.00. The van der Waals surface area contributed by atoms with E-state index in [1.165, 1.54) is 0 Å². The first kappa shape index (κ1) is 15.9. The lowest BCUT2D eigenvalue weighted by molar-refractivity contribution is -0.128. The van der Waals surface area contributed by atoms with E-state index in [9.17, 15) is 4.79 Å². The Kier molecular flexibility index (Phi) is 5.18. The minimum absolute atomic E-state index is 0.0222.